The van der Waals surface area contributed by atoms with E-state index in [4.69, 9.17) is 10.7 Å². The Hall–Kier alpha value is -3.57. The third-order valence-electron chi connectivity index (χ3n) is 6.82. The maximum absolute atomic E-state index is 6.54. The van der Waals surface area contributed by atoms with E-state index in [2.05, 4.69) is 82.2 Å². The van der Waals surface area contributed by atoms with Gasteiger partial charge in [0.1, 0.15) is 5.82 Å². The van der Waals surface area contributed by atoms with Crippen LogP contribution in [0.5, 0.6) is 0 Å². The molecular formula is C27H25N5. The SMILES string of the molecule is CCc1nnc2c3cc(-c4ccccc4)c(-c4ccc(C5(N)CCC5)cc4)nc3ccn12. The molecule has 0 unspecified atom stereocenters. The van der Waals surface area contributed by atoms with Gasteiger partial charge in [0.05, 0.1) is 11.2 Å². The highest BCUT2D eigenvalue weighted by molar-refractivity contribution is 5.98. The molecule has 158 valence electrons. The van der Waals surface area contributed by atoms with E-state index >= 15 is 0 Å². The summed E-state index contributed by atoms with van der Waals surface area (Å²) in [7, 11) is 0. The van der Waals surface area contributed by atoms with Crippen LogP contribution in [0, 0.1) is 0 Å². The summed E-state index contributed by atoms with van der Waals surface area (Å²) in [6, 6.07) is 23.4. The maximum Gasteiger partial charge on any atom is 0.170 e. The van der Waals surface area contributed by atoms with Gasteiger partial charge in [-0.15, -0.1) is 10.2 Å². The highest BCUT2D eigenvalue weighted by Crippen LogP contribution is 2.40. The van der Waals surface area contributed by atoms with Crippen LogP contribution in [-0.4, -0.2) is 19.6 Å². The molecular weight excluding hydrogens is 394 g/mol. The molecule has 6 rings (SSSR count). The number of pyridine rings is 2. The lowest BCUT2D eigenvalue weighted by atomic mass is 9.72. The van der Waals surface area contributed by atoms with Crippen molar-refractivity contribution in [2.45, 2.75) is 38.1 Å². The van der Waals surface area contributed by atoms with Crippen molar-refractivity contribution in [3.63, 3.8) is 0 Å². The molecule has 1 fully saturated rings. The Morgan fingerprint density at radius 3 is 2.41 bits per heavy atom. The van der Waals surface area contributed by atoms with Gasteiger partial charge < -0.3 is 5.73 Å². The topological polar surface area (TPSA) is 69.1 Å². The van der Waals surface area contributed by atoms with Crippen LogP contribution in [0.4, 0.5) is 0 Å². The molecule has 0 spiro atoms. The van der Waals surface area contributed by atoms with Crippen molar-refractivity contribution >= 4 is 16.6 Å². The molecule has 5 nitrogen and oxygen atoms in total. The molecule has 0 saturated heterocycles. The average Bonchev–Trinajstić information content (AvgIpc) is 3.26. The van der Waals surface area contributed by atoms with Crippen molar-refractivity contribution in [3.8, 4) is 22.4 Å². The summed E-state index contributed by atoms with van der Waals surface area (Å²) in [4.78, 5) is 5.12. The number of fused-ring (bicyclic) bond motifs is 3. The van der Waals surface area contributed by atoms with Crippen molar-refractivity contribution in [1.82, 2.24) is 19.6 Å². The van der Waals surface area contributed by atoms with Crippen molar-refractivity contribution in [2.75, 3.05) is 0 Å². The lowest BCUT2D eigenvalue weighted by Crippen LogP contribution is -2.43. The van der Waals surface area contributed by atoms with Crippen LogP contribution in [0.15, 0.2) is 72.9 Å². The molecule has 5 heteroatoms. The first kappa shape index (κ1) is 19.1. The molecule has 1 saturated carbocycles. The number of hydrogen-bond donors (Lipinski definition) is 1. The van der Waals surface area contributed by atoms with Crippen LogP contribution in [0.3, 0.4) is 0 Å². The summed E-state index contributed by atoms with van der Waals surface area (Å²) >= 11 is 0. The summed E-state index contributed by atoms with van der Waals surface area (Å²) in [6.07, 6.45) is 6.18. The number of aromatic nitrogens is 4. The Bertz CT molecular complexity index is 1430. The van der Waals surface area contributed by atoms with Crippen LogP contribution in [0.2, 0.25) is 0 Å². The van der Waals surface area contributed by atoms with Gasteiger partial charge in [0, 0.05) is 34.7 Å². The van der Waals surface area contributed by atoms with E-state index < -0.39 is 0 Å². The lowest BCUT2D eigenvalue weighted by molar-refractivity contribution is 0.253. The van der Waals surface area contributed by atoms with Crippen molar-refractivity contribution < 1.29 is 0 Å². The highest BCUT2D eigenvalue weighted by atomic mass is 15.2. The van der Waals surface area contributed by atoms with Crippen LogP contribution >= 0.6 is 0 Å². The number of hydrogen-bond acceptors (Lipinski definition) is 4. The largest absolute Gasteiger partial charge is 0.321 e. The molecule has 3 heterocycles. The molecule has 0 radical (unpaired) electrons. The molecule has 2 aromatic carbocycles. The predicted molar refractivity (Wildman–Crippen MR) is 128 cm³/mol. The first-order valence-corrected chi connectivity index (χ1v) is 11.3. The van der Waals surface area contributed by atoms with Crippen molar-refractivity contribution in [3.05, 3.63) is 84.3 Å². The normalized spacial score (nSPS) is 15.2. The zero-order valence-electron chi connectivity index (χ0n) is 18.1. The van der Waals surface area contributed by atoms with E-state index in [9.17, 15) is 0 Å². The molecule has 2 N–H and O–H groups in total. The third-order valence-corrected chi connectivity index (χ3v) is 6.82. The number of rotatable bonds is 4. The molecule has 1 aliphatic rings. The molecule has 0 atom stereocenters. The van der Waals surface area contributed by atoms with E-state index in [1.54, 1.807) is 0 Å². The zero-order valence-corrected chi connectivity index (χ0v) is 18.1. The van der Waals surface area contributed by atoms with Crippen LogP contribution in [-0.2, 0) is 12.0 Å². The maximum atomic E-state index is 6.54. The van der Waals surface area contributed by atoms with Gasteiger partial charge >= 0.3 is 0 Å². The van der Waals surface area contributed by atoms with Crippen LogP contribution < -0.4 is 5.73 Å². The summed E-state index contributed by atoms with van der Waals surface area (Å²) < 4.78 is 2.06. The van der Waals surface area contributed by atoms with E-state index in [0.29, 0.717) is 0 Å². The summed E-state index contributed by atoms with van der Waals surface area (Å²) in [6.45, 7) is 2.09. The molecule has 5 aromatic rings. The van der Waals surface area contributed by atoms with Gasteiger partial charge in [-0.05, 0) is 42.5 Å². The van der Waals surface area contributed by atoms with Gasteiger partial charge in [-0.3, -0.25) is 4.40 Å². The average molecular weight is 420 g/mol. The molecule has 1 aliphatic carbocycles. The summed E-state index contributed by atoms with van der Waals surface area (Å²) in [5, 5.41) is 9.84. The first-order chi connectivity index (χ1) is 15.7. The van der Waals surface area contributed by atoms with Gasteiger partial charge in [0.2, 0.25) is 0 Å². The highest BCUT2D eigenvalue weighted by Gasteiger charge is 2.34. The third kappa shape index (κ3) is 2.93. The van der Waals surface area contributed by atoms with Gasteiger partial charge in [-0.2, -0.15) is 0 Å². The number of benzene rings is 2. The van der Waals surface area contributed by atoms with Gasteiger partial charge in [-0.25, -0.2) is 4.98 Å². The summed E-state index contributed by atoms with van der Waals surface area (Å²) in [5.41, 5.74) is 13.6. The second-order valence-electron chi connectivity index (χ2n) is 8.75. The van der Waals surface area contributed by atoms with E-state index in [0.717, 1.165) is 64.0 Å². The number of nitrogens with two attached hydrogens (primary N) is 1. The van der Waals surface area contributed by atoms with E-state index in [1.165, 1.54) is 12.0 Å². The monoisotopic (exact) mass is 419 g/mol. The van der Waals surface area contributed by atoms with Crippen LogP contribution in [0.25, 0.3) is 38.9 Å². The quantitative estimate of drug-likeness (QED) is 0.417. The fourth-order valence-corrected chi connectivity index (χ4v) is 4.75. The minimum atomic E-state index is -0.159. The summed E-state index contributed by atoms with van der Waals surface area (Å²) in [5.74, 6) is 0.953. The lowest BCUT2D eigenvalue weighted by Gasteiger charge is -2.38. The number of nitrogens with zero attached hydrogens (tertiary/aromatic N) is 4. The predicted octanol–water partition coefficient (Wildman–Crippen LogP) is 5.51. The molecule has 0 bridgehead atoms. The molecule has 0 aliphatic heterocycles. The van der Waals surface area contributed by atoms with E-state index in [-0.39, 0.29) is 5.54 Å². The minimum Gasteiger partial charge on any atom is -0.321 e. The van der Waals surface area contributed by atoms with Crippen LogP contribution in [0.1, 0.15) is 37.6 Å². The smallest absolute Gasteiger partial charge is 0.170 e. The first-order valence-electron chi connectivity index (χ1n) is 11.3. The second kappa shape index (κ2) is 7.24. The Kier molecular flexibility index (Phi) is 4.33. The van der Waals surface area contributed by atoms with Crippen molar-refractivity contribution in [2.24, 2.45) is 5.73 Å². The number of aryl methyl sites for hydroxylation is 1. The van der Waals surface area contributed by atoms with Gasteiger partial charge in [0.15, 0.2) is 5.65 Å². The molecule has 3 aromatic heterocycles. The Labute approximate surface area is 186 Å². The Morgan fingerprint density at radius 1 is 0.938 bits per heavy atom. The standard InChI is InChI=1S/C27H25N5/c1-2-24-30-31-26-22-17-21(18-7-4-3-5-8-18)25(29-23(22)13-16-32(24)26)19-9-11-20(12-10-19)27(28)14-6-15-27/h3-5,7-13,16-17H,2,6,14-15,28H2,1H3. The van der Waals surface area contributed by atoms with Crippen molar-refractivity contribution in [1.29, 1.82) is 0 Å². The van der Waals surface area contributed by atoms with Gasteiger partial charge in [-0.1, -0.05) is 61.5 Å². The zero-order chi connectivity index (χ0) is 21.7. The van der Waals surface area contributed by atoms with E-state index in [1.807, 2.05) is 12.3 Å². The van der Waals surface area contributed by atoms with Gasteiger partial charge in [0.25, 0.3) is 0 Å². The fraction of sp³-hybridized carbons (Fsp3) is 0.222. The second-order valence-corrected chi connectivity index (χ2v) is 8.75. The molecule has 0 amide bonds. The Balaban J connectivity index is 1.57. The fourth-order valence-electron chi connectivity index (χ4n) is 4.75. The molecule has 32 heavy (non-hydrogen) atoms. The minimum absolute atomic E-state index is 0.159. The Morgan fingerprint density at radius 2 is 1.72 bits per heavy atom.